The predicted molar refractivity (Wildman–Crippen MR) is 88.3 cm³/mol. The number of aliphatic hydroxyl groups is 1. The van der Waals surface area contributed by atoms with Gasteiger partial charge in [0.1, 0.15) is 5.75 Å². The molecule has 4 heteroatoms. The first-order chi connectivity index (χ1) is 10.1. The topological polar surface area (TPSA) is 41.5 Å². The summed E-state index contributed by atoms with van der Waals surface area (Å²) in [6.07, 6.45) is 0. The van der Waals surface area contributed by atoms with Gasteiger partial charge in [0.25, 0.3) is 0 Å². The molecule has 0 spiro atoms. The van der Waals surface area contributed by atoms with Crippen molar-refractivity contribution >= 4 is 15.9 Å². The summed E-state index contributed by atoms with van der Waals surface area (Å²) in [6, 6.07) is 14.3. The van der Waals surface area contributed by atoms with Crippen molar-refractivity contribution in [2.45, 2.75) is 26.1 Å². The number of ether oxygens (including phenoxy) is 1. The Kier molecular flexibility index (Phi) is 5.79. The summed E-state index contributed by atoms with van der Waals surface area (Å²) >= 11 is 3.51. The molecule has 0 bridgehead atoms. The minimum Gasteiger partial charge on any atom is -0.496 e. The van der Waals surface area contributed by atoms with Crippen molar-refractivity contribution in [3.63, 3.8) is 0 Å². The second-order valence-corrected chi connectivity index (χ2v) is 5.83. The molecule has 2 aromatic rings. The van der Waals surface area contributed by atoms with Crippen LogP contribution in [0.1, 0.15) is 29.7 Å². The molecule has 0 fully saturated rings. The SMILES string of the molecule is COc1ccc(C(C)NCc2ccc(CO)cc2)cc1Br. The van der Waals surface area contributed by atoms with Gasteiger partial charge in [0, 0.05) is 12.6 Å². The summed E-state index contributed by atoms with van der Waals surface area (Å²) in [4.78, 5) is 0. The fourth-order valence-corrected chi connectivity index (χ4v) is 2.66. The lowest BCUT2D eigenvalue weighted by molar-refractivity contribution is 0.282. The zero-order chi connectivity index (χ0) is 15.2. The van der Waals surface area contributed by atoms with Crippen LogP contribution in [0.4, 0.5) is 0 Å². The third-order valence-electron chi connectivity index (χ3n) is 3.49. The molecule has 0 heterocycles. The highest BCUT2D eigenvalue weighted by Gasteiger charge is 2.08. The van der Waals surface area contributed by atoms with Crippen molar-refractivity contribution in [3.05, 3.63) is 63.6 Å². The molecule has 1 unspecified atom stereocenters. The Labute approximate surface area is 134 Å². The molecule has 2 N–H and O–H groups in total. The lowest BCUT2D eigenvalue weighted by Gasteiger charge is -2.16. The maximum Gasteiger partial charge on any atom is 0.133 e. The van der Waals surface area contributed by atoms with Crippen molar-refractivity contribution in [2.75, 3.05) is 7.11 Å². The molecular weight excluding hydrogens is 330 g/mol. The van der Waals surface area contributed by atoms with E-state index in [1.54, 1.807) is 7.11 Å². The minimum atomic E-state index is 0.0873. The van der Waals surface area contributed by atoms with Crippen LogP contribution in [-0.4, -0.2) is 12.2 Å². The normalized spacial score (nSPS) is 12.2. The Morgan fingerprint density at radius 2 is 1.81 bits per heavy atom. The van der Waals surface area contributed by atoms with Crippen LogP contribution in [0.5, 0.6) is 5.75 Å². The molecule has 0 aliphatic heterocycles. The molecule has 2 aromatic carbocycles. The summed E-state index contributed by atoms with van der Waals surface area (Å²) in [5.41, 5.74) is 3.34. The Hall–Kier alpha value is -1.36. The van der Waals surface area contributed by atoms with E-state index in [2.05, 4.69) is 40.3 Å². The molecule has 0 radical (unpaired) electrons. The summed E-state index contributed by atoms with van der Waals surface area (Å²) < 4.78 is 6.20. The van der Waals surface area contributed by atoms with E-state index >= 15 is 0 Å². The van der Waals surface area contributed by atoms with E-state index in [1.165, 1.54) is 11.1 Å². The van der Waals surface area contributed by atoms with Gasteiger partial charge in [0.2, 0.25) is 0 Å². The predicted octanol–water partition coefficient (Wildman–Crippen LogP) is 3.80. The van der Waals surface area contributed by atoms with Gasteiger partial charge in [0.05, 0.1) is 18.2 Å². The van der Waals surface area contributed by atoms with E-state index in [9.17, 15) is 0 Å². The van der Waals surface area contributed by atoms with Gasteiger partial charge < -0.3 is 15.2 Å². The lowest BCUT2D eigenvalue weighted by Crippen LogP contribution is -2.18. The number of methoxy groups -OCH3 is 1. The van der Waals surface area contributed by atoms with Gasteiger partial charge in [-0.15, -0.1) is 0 Å². The summed E-state index contributed by atoms with van der Waals surface area (Å²) in [5, 5.41) is 12.5. The minimum absolute atomic E-state index is 0.0873. The first kappa shape index (κ1) is 16.0. The quantitative estimate of drug-likeness (QED) is 0.833. The molecule has 0 aliphatic carbocycles. The molecule has 21 heavy (non-hydrogen) atoms. The average Bonchev–Trinajstić information content (AvgIpc) is 2.53. The lowest BCUT2D eigenvalue weighted by atomic mass is 10.1. The van der Waals surface area contributed by atoms with Gasteiger partial charge in [-0.3, -0.25) is 0 Å². The Bertz CT molecular complexity index is 584. The van der Waals surface area contributed by atoms with Crippen molar-refractivity contribution in [1.29, 1.82) is 0 Å². The summed E-state index contributed by atoms with van der Waals surface area (Å²) in [5.74, 6) is 0.838. The smallest absolute Gasteiger partial charge is 0.133 e. The van der Waals surface area contributed by atoms with Gasteiger partial charge in [-0.05, 0) is 51.7 Å². The Morgan fingerprint density at radius 3 is 2.38 bits per heavy atom. The summed E-state index contributed by atoms with van der Waals surface area (Å²) in [7, 11) is 1.66. The monoisotopic (exact) mass is 349 g/mol. The van der Waals surface area contributed by atoms with Crippen LogP contribution in [0.3, 0.4) is 0 Å². The second kappa shape index (κ2) is 7.59. The number of rotatable bonds is 6. The highest BCUT2D eigenvalue weighted by Crippen LogP contribution is 2.28. The Balaban J connectivity index is 1.97. The van der Waals surface area contributed by atoms with Crippen molar-refractivity contribution in [1.82, 2.24) is 5.32 Å². The molecule has 112 valence electrons. The van der Waals surface area contributed by atoms with E-state index in [-0.39, 0.29) is 12.6 Å². The van der Waals surface area contributed by atoms with E-state index in [0.717, 1.165) is 22.3 Å². The molecule has 0 aromatic heterocycles. The van der Waals surface area contributed by atoms with Crippen LogP contribution in [0.15, 0.2) is 46.9 Å². The molecular formula is C17H20BrNO2. The number of nitrogens with one attached hydrogen (secondary N) is 1. The molecule has 0 saturated carbocycles. The van der Waals surface area contributed by atoms with Crippen LogP contribution in [0.2, 0.25) is 0 Å². The van der Waals surface area contributed by atoms with Gasteiger partial charge in [-0.2, -0.15) is 0 Å². The van der Waals surface area contributed by atoms with Crippen LogP contribution in [0.25, 0.3) is 0 Å². The molecule has 1 atom stereocenters. The van der Waals surface area contributed by atoms with Gasteiger partial charge in [-0.1, -0.05) is 30.3 Å². The van der Waals surface area contributed by atoms with Gasteiger partial charge >= 0.3 is 0 Å². The maximum atomic E-state index is 9.03. The zero-order valence-electron chi connectivity index (χ0n) is 12.3. The van der Waals surface area contributed by atoms with Gasteiger partial charge in [0.15, 0.2) is 0 Å². The molecule has 0 aliphatic rings. The standard InChI is InChI=1S/C17H20BrNO2/c1-12(15-7-8-17(21-2)16(18)9-15)19-10-13-3-5-14(11-20)6-4-13/h3-9,12,19-20H,10-11H2,1-2H3. The highest BCUT2D eigenvalue weighted by atomic mass is 79.9. The number of hydrogen-bond donors (Lipinski definition) is 2. The van der Waals surface area contributed by atoms with Crippen LogP contribution in [-0.2, 0) is 13.2 Å². The fraction of sp³-hybridized carbons (Fsp3) is 0.294. The first-order valence-electron chi connectivity index (χ1n) is 6.89. The molecule has 0 saturated heterocycles. The number of aliphatic hydroxyl groups excluding tert-OH is 1. The van der Waals surface area contributed by atoms with Crippen molar-refractivity contribution in [3.8, 4) is 5.75 Å². The zero-order valence-corrected chi connectivity index (χ0v) is 13.9. The largest absolute Gasteiger partial charge is 0.496 e. The third kappa shape index (κ3) is 4.30. The Morgan fingerprint density at radius 1 is 1.14 bits per heavy atom. The van der Waals surface area contributed by atoms with Crippen LogP contribution >= 0.6 is 15.9 Å². The molecule has 0 amide bonds. The molecule has 2 rings (SSSR count). The van der Waals surface area contributed by atoms with Crippen LogP contribution in [0, 0.1) is 0 Å². The second-order valence-electron chi connectivity index (χ2n) is 4.97. The van der Waals surface area contributed by atoms with Crippen molar-refractivity contribution in [2.24, 2.45) is 0 Å². The van der Waals surface area contributed by atoms with E-state index in [1.807, 2.05) is 30.3 Å². The van der Waals surface area contributed by atoms with E-state index < -0.39 is 0 Å². The number of benzene rings is 2. The average molecular weight is 350 g/mol. The van der Waals surface area contributed by atoms with E-state index in [0.29, 0.717) is 0 Å². The number of halogens is 1. The third-order valence-corrected chi connectivity index (χ3v) is 4.11. The van der Waals surface area contributed by atoms with E-state index in [4.69, 9.17) is 9.84 Å². The first-order valence-corrected chi connectivity index (χ1v) is 7.69. The van der Waals surface area contributed by atoms with Gasteiger partial charge in [-0.25, -0.2) is 0 Å². The highest BCUT2D eigenvalue weighted by molar-refractivity contribution is 9.10. The number of hydrogen-bond acceptors (Lipinski definition) is 3. The van der Waals surface area contributed by atoms with Crippen molar-refractivity contribution < 1.29 is 9.84 Å². The molecule has 3 nitrogen and oxygen atoms in total. The van der Waals surface area contributed by atoms with Crippen LogP contribution < -0.4 is 10.1 Å². The maximum absolute atomic E-state index is 9.03. The fourth-order valence-electron chi connectivity index (χ4n) is 2.10. The summed E-state index contributed by atoms with van der Waals surface area (Å²) in [6.45, 7) is 3.01.